The Morgan fingerprint density at radius 1 is 1.82 bits per heavy atom. The maximum absolute atomic E-state index is 10.9. The molecule has 0 aromatic carbocycles. The summed E-state index contributed by atoms with van der Waals surface area (Å²) in [7, 11) is 0. The number of hydrogen-bond donors (Lipinski definition) is 0. The molecule has 0 spiro atoms. The van der Waals surface area contributed by atoms with E-state index in [4.69, 9.17) is 4.74 Å². The van der Waals surface area contributed by atoms with Gasteiger partial charge in [0.25, 0.3) is 5.97 Å². The minimum absolute atomic E-state index is 0. The van der Waals surface area contributed by atoms with Crippen molar-refractivity contribution in [2.45, 2.75) is 6.92 Å². The van der Waals surface area contributed by atoms with Crippen LogP contribution in [-0.4, -0.2) is 12.6 Å². The summed E-state index contributed by atoms with van der Waals surface area (Å²) in [6.07, 6.45) is 0. The Bertz CT molecular complexity index is 208. The van der Waals surface area contributed by atoms with Crippen LogP contribution in [0.2, 0.25) is 0 Å². The minimum atomic E-state index is -0.256. The fourth-order valence-electron chi connectivity index (χ4n) is 0.553. The molecule has 0 bridgehead atoms. The Morgan fingerprint density at radius 2 is 2.55 bits per heavy atom. The number of hydrogen-bond acceptors (Lipinski definition) is 3. The number of esters is 1. The maximum atomic E-state index is 10.9. The smallest absolute Gasteiger partial charge is 0.472 e. The molecule has 0 aliphatic rings. The first-order chi connectivity index (χ1) is 4.84. The summed E-state index contributed by atoms with van der Waals surface area (Å²) in [6, 6.07) is 3.40. The molecule has 1 rings (SSSR count). The molecule has 0 unspecified atom stereocenters. The molecular weight excluding hydrogens is 214 g/mol. The molecule has 0 aliphatic heterocycles. The zero-order valence-corrected chi connectivity index (χ0v) is 10.1. The summed E-state index contributed by atoms with van der Waals surface area (Å²) in [5.41, 5.74) is 0. The first kappa shape index (κ1) is 10.8. The third-order valence-corrected chi connectivity index (χ3v) is 1.72. The van der Waals surface area contributed by atoms with Gasteiger partial charge in [0.1, 0.15) is 0 Å². The Kier molecular flexibility index (Phi) is 5.34. The van der Waals surface area contributed by atoms with Crippen molar-refractivity contribution in [2.24, 2.45) is 0 Å². The van der Waals surface area contributed by atoms with Gasteiger partial charge in [-0.3, -0.25) is 16.1 Å². The molecule has 0 radical (unpaired) electrons. The van der Waals surface area contributed by atoms with Gasteiger partial charge in [0, 0.05) is 0 Å². The summed E-state index contributed by atoms with van der Waals surface area (Å²) >= 11 is 1.27. The third kappa shape index (κ3) is 3.13. The van der Waals surface area contributed by atoms with Crippen molar-refractivity contribution in [1.29, 1.82) is 0 Å². The van der Waals surface area contributed by atoms with Crippen LogP contribution >= 0.6 is 11.3 Å². The van der Waals surface area contributed by atoms with Crippen LogP contribution in [0, 0.1) is 5.38 Å². The van der Waals surface area contributed by atoms with E-state index in [0.717, 1.165) is 0 Å². The number of thiophene rings is 1. The van der Waals surface area contributed by atoms with Crippen molar-refractivity contribution >= 4 is 17.3 Å². The summed E-state index contributed by atoms with van der Waals surface area (Å²) < 4.78 is 4.74. The molecule has 4 heteroatoms. The zero-order valence-electron chi connectivity index (χ0n) is 6.29. The van der Waals surface area contributed by atoms with Crippen LogP contribution in [0.5, 0.6) is 0 Å². The molecule has 1 aromatic rings. The maximum Gasteiger partial charge on any atom is 2.00 e. The van der Waals surface area contributed by atoms with E-state index < -0.39 is 0 Å². The third-order valence-electron chi connectivity index (χ3n) is 0.948. The van der Waals surface area contributed by atoms with Crippen molar-refractivity contribution < 1.29 is 29.0 Å². The summed E-state index contributed by atoms with van der Waals surface area (Å²) in [5, 5.41) is 2.81. The monoisotopic (exact) mass is 219 g/mol. The van der Waals surface area contributed by atoms with Gasteiger partial charge in [0.15, 0.2) is 0 Å². The summed E-state index contributed by atoms with van der Waals surface area (Å²) in [6.45, 7) is 2.21. The average Bonchev–Trinajstić information content (AvgIpc) is 2.38. The Balaban J connectivity index is 0.000001000. The van der Waals surface area contributed by atoms with Gasteiger partial charge in [-0.05, 0) is 11.8 Å². The van der Waals surface area contributed by atoms with E-state index in [1.807, 2.05) is 0 Å². The molecule has 54 valence electrons. The van der Waals surface area contributed by atoms with E-state index in [1.54, 1.807) is 19.1 Å². The van der Waals surface area contributed by atoms with Crippen LogP contribution < -0.4 is 0 Å². The van der Waals surface area contributed by atoms with Gasteiger partial charge in [-0.1, -0.05) is 0 Å². The second-order valence-corrected chi connectivity index (χ2v) is 2.52. The van der Waals surface area contributed by atoms with Crippen molar-refractivity contribution in [3.05, 3.63) is 22.4 Å². The molecular formula is C7H7O2SZn+. The molecule has 11 heavy (non-hydrogen) atoms. The van der Waals surface area contributed by atoms with Gasteiger partial charge in [-0.25, -0.2) is 0 Å². The normalized spacial score (nSPS) is 8.45. The van der Waals surface area contributed by atoms with Crippen molar-refractivity contribution in [1.82, 2.24) is 0 Å². The molecule has 0 saturated heterocycles. The molecule has 0 amide bonds. The van der Waals surface area contributed by atoms with Crippen LogP contribution in [0.3, 0.4) is 0 Å². The second-order valence-electron chi connectivity index (χ2n) is 1.64. The summed E-state index contributed by atoms with van der Waals surface area (Å²) in [5.74, 6) is -0.256. The van der Waals surface area contributed by atoms with Gasteiger partial charge < -0.3 is 4.74 Å². The van der Waals surface area contributed by atoms with E-state index in [-0.39, 0.29) is 25.4 Å². The standard InChI is InChI=1S/C7H7O2S.Zn/c1-2-9-7(8)6-4-3-5-10-6;/h3-4H,2H2,1H3;/q-1;+2. The van der Waals surface area contributed by atoms with E-state index in [9.17, 15) is 4.79 Å². The van der Waals surface area contributed by atoms with Gasteiger partial charge in [-0.2, -0.15) is 12.1 Å². The van der Waals surface area contributed by atoms with E-state index >= 15 is 0 Å². The quantitative estimate of drug-likeness (QED) is 0.431. The molecule has 0 aliphatic carbocycles. The largest absolute Gasteiger partial charge is 2.00 e. The number of ether oxygens (including phenoxy) is 1. The second kappa shape index (κ2) is 5.44. The molecule has 0 fully saturated rings. The van der Waals surface area contributed by atoms with E-state index in [1.165, 1.54) is 11.3 Å². The fraction of sp³-hybridized carbons (Fsp3) is 0.286. The predicted molar refractivity (Wildman–Crippen MR) is 39.1 cm³/mol. The zero-order chi connectivity index (χ0) is 7.40. The van der Waals surface area contributed by atoms with Crippen molar-refractivity contribution in [2.75, 3.05) is 6.61 Å². The van der Waals surface area contributed by atoms with Crippen LogP contribution in [0.1, 0.15) is 16.6 Å². The van der Waals surface area contributed by atoms with Gasteiger partial charge in [0.05, 0.1) is 6.61 Å². The van der Waals surface area contributed by atoms with Gasteiger partial charge in [0.2, 0.25) is 0 Å². The molecule has 0 saturated carbocycles. The molecule has 0 atom stereocenters. The number of carbonyl (C=O) groups excluding carboxylic acids is 1. The van der Waals surface area contributed by atoms with E-state index in [2.05, 4.69) is 5.38 Å². The molecule has 1 aromatic heterocycles. The Hall–Kier alpha value is -0.207. The van der Waals surface area contributed by atoms with Crippen molar-refractivity contribution in [3.8, 4) is 0 Å². The molecule has 2 nitrogen and oxygen atoms in total. The summed E-state index contributed by atoms with van der Waals surface area (Å²) in [4.78, 5) is 11.5. The van der Waals surface area contributed by atoms with Crippen LogP contribution in [0.15, 0.2) is 12.1 Å². The SMILES string of the molecule is CCOC(=O)c1cc[c-]s1.[Zn+2]. The van der Waals surface area contributed by atoms with Gasteiger partial charge in [-0.15, -0.1) is 5.38 Å². The average molecular weight is 221 g/mol. The van der Waals surface area contributed by atoms with Crippen LogP contribution in [0.4, 0.5) is 0 Å². The number of rotatable bonds is 2. The predicted octanol–water partition coefficient (Wildman–Crippen LogP) is 1.72. The Labute approximate surface area is 82.3 Å². The van der Waals surface area contributed by atoms with Gasteiger partial charge >= 0.3 is 19.5 Å². The van der Waals surface area contributed by atoms with Crippen molar-refractivity contribution in [3.63, 3.8) is 0 Å². The van der Waals surface area contributed by atoms with Crippen LogP contribution in [-0.2, 0) is 24.2 Å². The van der Waals surface area contributed by atoms with E-state index in [0.29, 0.717) is 11.5 Å². The topological polar surface area (TPSA) is 26.3 Å². The van der Waals surface area contributed by atoms with Crippen LogP contribution in [0.25, 0.3) is 0 Å². The fourth-order valence-corrected chi connectivity index (χ4v) is 1.09. The Morgan fingerprint density at radius 3 is 3.00 bits per heavy atom. The first-order valence-electron chi connectivity index (χ1n) is 2.97. The minimum Gasteiger partial charge on any atom is -0.472 e. The first-order valence-corrected chi connectivity index (χ1v) is 3.79. The molecule has 0 N–H and O–H groups in total. The number of carbonyl (C=O) groups is 1. The molecule has 1 heterocycles.